The average Bonchev–Trinajstić information content (AvgIpc) is 3.19. The zero-order valence-corrected chi connectivity index (χ0v) is 38.2. The van der Waals surface area contributed by atoms with Crippen molar-refractivity contribution in [2.24, 2.45) is 41.2 Å². The van der Waals surface area contributed by atoms with Crippen LogP contribution in [0.3, 0.4) is 0 Å². The van der Waals surface area contributed by atoms with Crippen LogP contribution in [0.4, 0.5) is 4.79 Å². The van der Waals surface area contributed by atoms with E-state index in [1.807, 2.05) is 53.7 Å². The number of cyclic esters (lactones) is 1. The van der Waals surface area contributed by atoms with Gasteiger partial charge in [0.25, 0.3) is 0 Å². The first-order chi connectivity index (χ1) is 28.6. The first kappa shape index (κ1) is 52.2. The molecule has 61 heavy (non-hydrogen) atoms. The molecular formula is C46H75NO14. The molecule has 0 bridgehead atoms. The molecule has 3 rings (SSSR count). The van der Waals surface area contributed by atoms with Crippen molar-refractivity contribution in [1.82, 2.24) is 0 Å². The fourth-order valence-electron chi connectivity index (χ4n) is 8.94. The number of primary amides is 1. The summed E-state index contributed by atoms with van der Waals surface area (Å²) in [4.78, 5) is 25.4. The Morgan fingerprint density at radius 3 is 2.34 bits per heavy atom. The zero-order valence-electron chi connectivity index (χ0n) is 38.2. The number of methoxy groups -OCH3 is 2. The van der Waals surface area contributed by atoms with Gasteiger partial charge in [0.1, 0.15) is 12.2 Å². The summed E-state index contributed by atoms with van der Waals surface area (Å²) in [5, 5.41) is 58.0. The highest BCUT2D eigenvalue weighted by Crippen LogP contribution is 2.42. The van der Waals surface area contributed by atoms with Gasteiger partial charge in [-0.15, -0.1) is 0 Å². The van der Waals surface area contributed by atoms with Crippen molar-refractivity contribution in [3.05, 3.63) is 59.4 Å². The summed E-state index contributed by atoms with van der Waals surface area (Å²) in [6, 6.07) is 0. The minimum atomic E-state index is -1.97. The molecule has 2 saturated heterocycles. The maximum Gasteiger partial charge on any atom is 0.404 e. The number of hydrogen-bond acceptors (Lipinski definition) is 14. The quantitative estimate of drug-likeness (QED) is 0.0915. The second kappa shape index (κ2) is 23.5. The van der Waals surface area contributed by atoms with Crippen LogP contribution in [-0.4, -0.2) is 125 Å². The van der Waals surface area contributed by atoms with Crippen molar-refractivity contribution in [2.75, 3.05) is 14.2 Å². The number of amides is 1. The number of hydrogen-bond donors (Lipinski definition) is 6. The predicted molar refractivity (Wildman–Crippen MR) is 228 cm³/mol. The predicted octanol–water partition coefficient (Wildman–Crippen LogP) is 4.98. The lowest BCUT2D eigenvalue weighted by atomic mass is 9.94. The van der Waals surface area contributed by atoms with Crippen LogP contribution in [0.2, 0.25) is 0 Å². The molecular weight excluding hydrogens is 799 g/mol. The molecule has 3 heterocycles. The summed E-state index contributed by atoms with van der Waals surface area (Å²) in [6.07, 6.45) is 2.20. The second-order valence-electron chi connectivity index (χ2n) is 17.5. The molecule has 0 radical (unpaired) electrons. The van der Waals surface area contributed by atoms with E-state index in [1.165, 1.54) is 20.3 Å². The zero-order chi connectivity index (χ0) is 45.9. The summed E-state index contributed by atoms with van der Waals surface area (Å²) in [5.74, 6) is -6.00. The van der Waals surface area contributed by atoms with Gasteiger partial charge in [0, 0.05) is 49.5 Å². The molecule has 0 saturated carbocycles. The molecule has 3 aliphatic heterocycles. The van der Waals surface area contributed by atoms with Crippen molar-refractivity contribution in [3.8, 4) is 0 Å². The highest BCUT2D eigenvalue weighted by atomic mass is 16.7. The molecule has 0 aliphatic carbocycles. The molecule has 0 aromatic heterocycles. The van der Waals surface area contributed by atoms with Crippen molar-refractivity contribution in [1.29, 1.82) is 0 Å². The number of carbonyl (C=O) groups is 2. The summed E-state index contributed by atoms with van der Waals surface area (Å²) < 4.78 is 41.4. The van der Waals surface area contributed by atoms with Crippen LogP contribution in [0.5, 0.6) is 0 Å². The van der Waals surface area contributed by atoms with Crippen LogP contribution < -0.4 is 5.73 Å². The van der Waals surface area contributed by atoms with Crippen LogP contribution in [0.15, 0.2) is 59.4 Å². The Morgan fingerprint density at radius 1 is 1.10 bits per heavy atom. The first-order valence-electron chi connectivity index (χ1n) is 21.7. The highest BCUT2D eigenvalue weighted by Gasteiger charge is 2.52. The molecule has 0 aromatic carbocycles. The van der Waals surface area contributed by atoms with E-state index in [0.29, 0.717) is 18.4 Å². The monoisotopic (exact) mass is 875 g/mol. The van der Waals surface area contributed by atoms with E-state index < -0.39 is 97.0 Å². The highest BCUT2D eigenvalue weighted by molar-refractivity contribution is 5.87. The van der Waals surface area contributed by atoms with Crippen LogP contribution >= 0.6 is 0 Å². The molecule has 0 unspecified atom stereocenters. The third-order valence-corrected chi connectivity index (χ3v) is 12.8. The number of ether oxygens (including phenoxy) is 7. The second-order valence-corrected chi connectivity index (χ2v) is 17.5. The number of aliphatic hydroxyl groups is 5. The fraction of sp³-hybridized carbons (Fsp3) is 0.739. The van der Waals surface area contributed by atoms with Gasteiger partial charge >= 0.3 is 12.1 Å². The summed E-state index contributed by atoms with van der Waals surface area (Å²) >= 11 is 0. The maximum atomic E-state index is 13.9. The number of nitrogens with two attached hydrogens (primary N) is 1. The number of rotatable bonds is 11. The minimum Gasteiger partial charge on any atom is -0.490 e. The number of allylic oxidation sites excluding steroid dienone is 6. The van der Waals surface area contributed by atoms with Gasteiger partial charge in [-0.05, 0) is 52.5 Å². The summed E-state index contributed by atoms with van der Waals surface area (Å²) in [6.45, 7) is 18.2. The SMILES string of the molecule is C/C=C/[C@H]1O[C@@](O)([C@@H](C)[13C@@H](O)[C@H](C)[13C@H]2O[13C](=O)/C(OC)=[13CH]/C(C)=[13CH]/[C@@H](C)[C@@H](O)[C@@H](CC)[13C@H](O)[C@H](C)[13CH2]/C(C)=C/C=[13CH]/[C@@H]2OC)C[13C@@H](O[C@H]2C[C@@H](O)[C@H](OC(N)=O)[C@@H](C)O2)[C@@H]1C. The Balaban J connectivity index is 2.00. The van der Waals surface area contributed by atoms with E-state index in [4.69, 9.17) is 38.9 Å². The topological polar surface area (TPSA) is 226 Å². The Hall–Kier alpha value is -3.12. The number of carbonyl (C=O) groups excluding carboxylic acids is 2. The molecule has 0 aromatic rings. The molecule has 18 atom stereocenters. The molecule has 15 heteroatoms. The smallest absolute Gasteiger partial charge is 0.404 e. The number of esters is 1. The van der Waals surface area contributed by atoms with Crippen molar-refractivity contribution in [3.63, 3.8) is 0 Å². The van der Waals surface area contributed by atoms with Crippen LogP contribution in [-0.2, 0) is 38.0 Å². The molecule has 0 spiro atoms. The Labute approximate surface area is 362 Å². The van der Waals surface area contributed by atoms with E-state index in [0.717, 1.165) is 5.57 Å². The Morgan fingerprint density at radius 2 is 1.77 bits per heavy atom. The largest absolute Gasteiger partial charge is 0.490 e. The van der Waals surface area contributed by atoms with Crippen LogP contribution in [0.25, 0.3) is 0 Å². The summed E-state index contributed by atoms with van der Waals surface area (Å²) in [5.41, 5.74) is 6.78. The molecule has 15 nitrogen and oxygen atoms in total. The van der Waals surface area contributed by atoms with E-state index in [9.17, 15) is 35.1 Å². The molecule has 3 aliphatic rings. The van der Waals surface area contributed by atoms with Crippen molar-refractivity contribution in [2.45, 2.75) is 168 Å². The van der Waals surface area contributed by atoms with Gasteiger partial charge in [0.2, 0.25) is 5.76 Å². The lowest BCUT2D eigenvalue weighted by Crippen LogP contribution is -2.59. The first-order valence-corrected chi connectivity index (χ1v) is 21.7. The van der Waals surface area contributed by atoms with Gasteiger partial charge < -0.3 is 64.4 Å². The van der Waals surface area contributed by atoms with E-state index in [2.05, 4.69) is 0 Å². The van der Waals surface area contributed by atoms with Crippen molar-refractivity contribution >= 4 is 12.1 Å². The van der Waals surface area contributed by atoms with Gasteiger partial charge in [-0.2, -0.15) is 0 Å². The normalized spacial score (nSPS) is 42.2. The lowest BCUT2D eigenvalue weighted by molar-refractivity contribution is -0.338. The molecule has 1 amide bonds. The molecule has 7 N–H and O–H groups in total. The van der Waals surface area contributed by atoms with Crippen LogP contribution in [0, 0.1) is 35.5 Å². The Bertz CT molecular complexity index is 1570. The average molecular weight is 875 g/mol. The Kier molecular flexibility index (Phi) is 20.1. The fourth-order valence-corrected chi connectivity index (χ4v) is 8.94. The molecule has 348 valence electrons. The maximum absolute atomic E-state index is 13.9. The van der Waals surface area contributed by atoms with Gasteiger partial charge in [0.15, 0.2) is 18.2 Å². The van der Waals surface area contributed by atoms with Gasteiger partial charge in [-0.1, -0.05) is 89.1 Å². The van der Waals surface area contributed by atoms with E-state index >= 15 is 0 Å². The minimum absolute atomic E-state index is 0.0313. The van der Waals surface area contributed by atoms with Crippen molar-refractivity contribution < 1.29 is 68.3 Å². The summed E-state index contributed by atoms with van der Waals surface area (Å²) in [7, 11) is 2.81. The lowest BCUT2D eigenvalue weighted by Gasteiger charge is -2.49. The van der Waals surface area contributed by atoms with E-state index in [-0.39, 0.29) is 42.3 Å². The van der Waals surface area contributed by atoms with Gasteiger partial charge in [-0.3, -0.25) is 0 Å². The molecule has 2 fully saturated rings. The third kappa shape index (κ3) is 13.7. The van der Waals surface area contributed by atoms with Gasteiger partial charge in [0.05, 0.1) is 49.8 Å². The van der Waals surface area contributed by atoms with Crippen LogP contribution in [0.1, 0.15) is 94.9 Å². The third-order valence-electron chi connectivity index (χ3n) is 12.8. The van der Waals surface area contributed by atoms with Gasteiger partial charge in [-0.25, -0.2) is 9.59 Å². The number of aliphatic hydroxyl groups excluding tert-OH is 4. The standard InChI is InChI=1S/C46H75NO14/c1-13-16-34-28(7)37(58-38-22-33(48)43(31(10)57-38)60-45(47)53)23-46(54,61-34)30(9)41(51)29(8)42-35(55-11)18-15-17-24(3)19-26(5)39(49)32(14-2)40(50)27(6)20-25(4)21-36(56-12)44(52)59-42/h13,15-18,20-21,26-35,37-43,48-51,54H,14,19,22-23H2,1-12H3,(H2,47,53)/b16-13+,18-15+,24-17+,25-20+,36-21-/t26-,27-,28-,29+,30+,31-,32+,33-,34-,35+,37-,38+,39-,40-,41+,42-,43-,46-/m1/s1/i18+1,19+1,20+1,21+1,37+1,39+1,41+1,42+1,44+1. The van der Waals surface area contributed by atoms with E-state index in [1.54, 1.807) is 52.0 Å².